The summed E-state index contributed by atoms with van der Waals surface area (Å²) in [4.78, 5) is 20.8. The van der Waals surface area contributed by atoms with E-state index in [-0.39, 0.29) is 5.57 Å². The lowest BCUT2D eigenvalue weighted by Gasteiger charge is -2.29. The molecule has 1 rings (SSSR count). The monoisotopic (exact) mass is 304 g/mol. The molecule has 112 valence electrons. The van der Waals surface area contributed by atoms with Crippen molar-refractivity contribution in [2.24, 2.45) is 0 Å². The molecule has 0 aliphatic heterocycles. The van der Waals surface area contributed by atoms with Crippen molar-refractivity contribution < 1.29 is 18.3 Å². The summed E-state index contributed by atoms with van der Waals surface area (Å²) < 4.78 is 24.6. The third-order valence-electron chi connectivity index (χ3n) is 3.40. The summed E-state index contributed by atoms with van der Waals surface area (Å²) in [6, 6.07) is 0. The van der Waals surface area contributed by atoms with Crippen molar-refractivity contribution in [2.45, 2.75) is 43.7 Å². The minimum Gasteiger partial charge on any atom is -0.264 e. The van der Waals surface area contributed by atoms with Gasteiger partial charge >= 0.3 is 0 Å². The molecule has 2 unspecified atom stereocenters. The molecule has 0 amide bonds. The summed E-state index contributed by atoms with van der Waals surface area (Å²) in [5.74, 6) is 0. The lowest BCUT2D eigenvalue weighted by Crippen LogP contribution is -2.52. The van der Waals surface area contributed by atoms with E-state index in [0.717, 1.165) is 19.1 Å². The second-order valence-electron chi connectivity index (χ2n) is 5.18. The van der Waals surface area contributed by atoms with E-state index in [9.17, 15) is 28.6 Å². The zero-order chi connectivity index (χ0) is 15.9. The Labute approximate surface area is 116 Å². The predicted molar refractivity (Wildman–Crippen MR) is 72.1 cm³/mol. The molecule has 0 radical (unpaired) electrons. The third-order valence-corrected chi connectivity index (χ3v) is 6.03. The number of hydrogen-bond acceptors (Lipinski definition) is 6. The smallest absolute Gasteiger partial charge is 0.264 e. The molecule has 1 aliphatic carbocycles. The summed E-state index contributed by atoms with van der Waals surface area (Å²) in [6.45, 7) is 5.30. The van der Waals surface area contributed by atoms with E-state index in [4.69, 9.17) is 0 Å². The van der Waals surface area contributed by atoms with Crippen LogP contribution in [0.2, 0.25) is 0 Å². The molecule has 0 heterocycles. The first kappa shape index (κ1) is 16.3. The second-order valence-corrected chi connectivity index (χ2v) is 7.81. The van der Waals surface area contributed by atoms with Crippen LogP contribution < -0.4 is 0 Å². The van der Waals surface area contributed by atoms with Gasteiger partial charge in [0.15, 0.2) is 15.1 Å². The van der Waals surface area contributed by atoms with Crippen molar-refractivity contribution in [3.8, 4) is 0 Å². The van der Waals surface area contributed by atoms with Gasteiger partial charge in [-0.2, -0.15) is 0 Å². The molecule has 1 aliphatic rings. The molecule has 0 aromatic carbocycles. The molecule has 0 aromatic rings. The van der Waals surface area contributed by atoms with E-state index in [1.807, 2.05) is 0 Å². The Morgan fingerprint density at radius 2 is 1.80 bits per heavy atom. The Hall–Kier alpha value is -1.77. The minimum atomic E-state index is -3.91. The quantitative estimate of drug-likeness (QED) is 0.570. The maximum Gasteiger partial charge on any atom is 0.269 e. The van der Waals surface area contributed by atoms with Crippen molar-refractivity contribution >= 4 is 9.84 Å². The van der Waals surface area contributed by atoms with Crippen LogP contribution >= 0.6 is 0 Å². The fraction of sp³-hybridized carbons (Fsp3) is 0.636. The molecule has 0 fully saturated rings. The normalized spacial score (nSPS) is 26.9. The lowest BCUT2D eigenvalue weighted by molar-refractivity contribution is -0.549. The van der Waals surface area contributed by atoms with E-state index in [1.54, 1.807) is 0 Å². The summed E-state index contributed by atoms with van der Waals surface area (Å²) >= 11 is 0. The van der Waals surface area contributed by atoms with Gasteiger partial charge in [0.25, 0.3) is 11.2 Å². The fourth-order valence-corrected chi connectivity index (χ4v) is 3.84. The van der Waals surface area contributed by atoms with Crippen molar-refractivity contribution in [3.63, 3.8) is 0 Å². The Bertz CT molecular complexity index is 619. The molecular formula is C11H16N2O6S. The van der Waals surface area contributed by atoms with E-state index >= 15 is 0 Å². The Morgan fingerprint density at radius 3 is 2.15 bits per heavy atom. The third kappa shape index (κ3) is 2.45. The Morgan fingerprint density at radius 1 is 1.30 bits per heavy atom. The fourth-order valence-electron chi connectivity index (χ4n) is 2.12. The number of sulfone groups is 1. The van der Waals surface area contributed by atoms with Crippen LogP contribution in [0, 0.1) is 20.2 Å². The van der Waals surface area contributed by atoms with Crippen LogP contribution in [0.1, 0.15) is 27.7 Å². The zero-order valence-corrected chi connectivity index (χ0v) is 12.4. The number of nitrogens with zero attached hydrogens (tertiary/aromatic N) is 2. The van der Waals surface area contributed by atoms with E-state index in [1.165, 1.54) is 20.8 Å². The molecule has 0 bridgehead atoms. The molecular weight excluding hydrogens is 288 g/mol. The van der Waals surface area contributed by atoms with Gasteiger partial charge in [0, 0.05) is 29.6 Å². The number of nitro groups is 2. The second kappa shape index (κ2) is 4.97. The first-order valence-electron chi connectivity index (χ1n) is 5.87. The SMILES string of the molecule is CC1=CC(C)([N+](=O)[O-])C(S(=O)(=O)C(C)C)C=C1[N+](=O)[O-]. The van der Waals surface area contributed by atoms with Crippen molar-refractivity contribution in [3.05, 3.63) is 43.7 Å². The zero-order valence-electron chi connectivity index (χ0n) is 11.6. The standard InChI is InChI=1S/C11H16N2O6S/c1-7(2)20(18,19)10-5-9(12(14)15)8(3)6-11(10,4)13(16)17/h5-7,10H,1-4H3. The average molecular weight is 304 g/mol. The molecule has 9 heteroatoms. The highest BCUT2D eigenvalue weighted by molar-refractivity contribution is 7.92. The molecule has 20 heavy (non-hydrogen) atoms. The maximum atomic E-state index is 12.3. The number of allylic oxidation sites excluding steroid dienone is 1. The molecule has 8 nitrogen and oxygen atoms in total. The Balaban J connectivity index is 3.59. The van der Waals surface area contributed by atoms with Crippen LogP contribution in [0.25, 0.3) is 0 Å². The molecule has 2 atom stereocenters. The van der Waals surface area contributed by atoms with Crippen LogP contribution in [0.15, 0.2) is 23.4 Å². The Kier molecular flexibility index (Phi) is 4.04. The van der Waals surface area contributed by atoms with Crippen LogP contribution in [0.5, 0.6) is 0 Å². The van der Waals surface area contributed by atoms with Gasteiger partial charge in [-0.3, -0.25) is 20.2 Å². The minimum absolute atomic E-state index is 0.0874. The first-order valence-corrected chi connectivity index (χ1v) is 7.48. The highest BCUT2D eigenvalue weighted by Gasteiger charge is 2.54. The van der Waals surface area contributed by atoms with Crippen molar-refractivity contribution in [1.29, 1.82) is 0 Å². The molecule has 0 saturated carbocycles. The average Bonchev–Trinajstić information content (AvgIpc) is 2.27. The van der Waals surface area contributed by atoms with Gasteiger partial charge in [0.05, 0.1) is 10.2 Å². The summed E-state index contributed by atoms with van der Waals surface area (Å²) in [5, 5.41) is 19.8. The molecule has 0 aromatic heterocycles. The van der Waals surface area contributed by atoms with Crippen LogP contribution in [0.4, 0.5) is 0 Å². The first-order chi connectivity index (χ1) is 8.94. The van der Waals surface area contributed by atoms with Crippen LogP contribution in [0.3, 0.4) is 0 Å². The van der Waals surface area contributed by atoms with Crippen LogP contribution in [-0.4, -0.2) is 34.3 Å². The van der Waals surface area contributed by atoms with Gasteiger partial charge in [-0.15, -0.1) is 0 Å². The largest absolute Gasteiger partial charge is 0.269 e. The molecule has 0 N–H and O–H groups in total. The van der Waals surface area contributed by atoms with Crippen molar-refractivity contribution in [1.82, 2.24) is 0 Å². The van der Waals surface area contributed by atoms with E-state index in [0.29, 0.717) is 0 Å². The van der Waals surface area contributed by atoms with Gasteiger partial charge in [-0.1, -0.05) is 0 Å². The van der Waals surface area contributed by atoms with Gasteiger partial charge in [0.1, 0.15) is 0 Å². The van der Waals surface area contributed by atoms with Crippen molar-refractivity contribution in [2.75, 3.05) is 0 Å². The predicted octanol–water partition coefficient (Wildman–Crippen LogP) is 1.33. The lowest BCUT2D eigenvalue weighted by atomic mass is 9.89. The van der Waals surface area contributed by atoms with E-state index in [2.05, 4.69) is 0 Å². The van der Waals surface area contributed by atoms with Gasteiger partial charge < -0.3 is 0 Å². The van der Waals surface area contributed by atoms with E-state index < -0.39 is 41.4 Å². The summed E-state index contributed by atoms with van der Waals surface area (Å²) in [6.07, 6.45) is 1.93. The van der Waals surface area contributed by atoms with Gasteiger partial charge in [-0.05, 0) is 20.8 Å². The molecule has 0 spiro atoms. The topological polar surface area (TPSA) is 120 Å². The number of hydrogen-bond donors (Lipinski definition) is 0. The maximum absolute atomic E-state index is 12.3. The highest BCUT2D eigenvalue weighted by Crippen LogP contribution is 2.34. The van der Waals surface area contributed by atoms with Gasteiger partial charge in [0.2, 0.25) is 0 Å². The van der Waals surface area contributed by atoms with Crippen LogP contribution in [-0.2, 0) is 9.84 Å². The summed E-state index contributed by atoms with van der Waals surface area (Å²) in [7, 11) is -3.91. The molecule has 0 saturated heterocycles. The summed E-state index contributed by atoms with van der Waals surface area (Å²) in [5.41, 5.74) is -2.23. The number of rotatable bonds is 4. The highest BCUT2D eigenvalue weighted by atomic mass is 32.2. The van der Waals surface area contributed by atoms with Gasteiger partial charge in [-0.25, -0.2) is 8.42 Å².